The SMILES string of the molecule is O=c1c2ccc(N3CCN(Cc4ncno4)CC3)cc2ncn1CC(F)F. The Morgan fingerprint density at radius 2 is 1.96 bits per heavy atom. The van der Waals surface area contributed by atoms with Gasteiger partial charge < -0.3 is 9.42 Å². The predicted molar refractivity (Wildman–Crippen MR) is 93.8 cm³/mol. The number of hydrogen-bond donors (Lipinski definition) is 0. The number of rotatable bonds is 5. The molecule has 3 heterocycles. The van der Waals surface area contributed by atoms with Gasteiger partial charge >= 0.3 is 0 Å². The van der Waals surface area contributed by atoms with Crippen LogP contribution in [0, 0.1) is 0 Å². The van der Waals surface area contributed by atoms with Crippen molar-refractivity contribution in [2.45, 2.75) is 19.5 Å². The van der Waals surface area contributed by atoms with Gasteiger partial charge in [-0.1, -0.05) is 5.16 Å². The van der Waals surface area contributed by atoms with Gasteiger partial charge in [0, 0.05) is 31.9 Å². The highest BCUT2D eigenvalue weighted by Crippen LogP contribution is 2.21. The van der Waals surface area contributed by atoms with Crippen molar-refractivity contribution in [3.05, 3.63) is 47.1 Å². The molecule has 142 valence electrons. The van der Waals surface area contributed by atoms with Crippen molar-refractivity contribution in [2.75, 3.05) is 31.1 Å². The average Bonchev–Trinajstić information content (AvgIpc) is 3.17. The van der Waals surface area contributed by atoms with Gasteiger partial charge in [0.1, 0.15) is 0 Å². The third kappa shape index (κ3) is 3.80. The highest BCUT2D eigenvalue weighted by molar-refractivity contribution is 5.81. The van der Waals surface area contributed by atoms with E-state index in [-0.39, 0.29) is 0 Å². The van der Waals surface area contributed by atoms with Crippen molar-refractivity contribution in [3.63, 3.8) is 0 Å². The maximum Gasteiger partial charge on any atom is 0.261 e. The molecule has 0 N–H and O–H groups in total. The number of halogens is 2. The minimum Gasteiger partial charge on any atom is -0.369 e. The van der Waals surface area contributed by atoms with E-state index in [9.17, 15) is 13.6 Å². The zero-order valence-corrected chi connectivity index (χ0v) is 14.5. The number of anilines is 1. The summed E-state index contributed by atoms with van der Waals surface area (Å²) in [6, 6.07) is 5.33. The van der Waals surface area contributed by atoms with E-state index in [1.807, 2.05) is 12.1 Å². The first-order valence-electron chi connectivity index (χ1n) is 8.60. The van der Waals surface area contributed by atoms with Gasteiger partial charge in [0.2, 0.25) is 5.89 Å². The molecule has 0 aliphatic carbocycles. The van der Waals surface area contributed by atoms with Gasteiger partial charge in [-0.05, 0) is 18.2 Å². The standard InChI is InChI=1S/C17H18F2N6O2/c18-15(19)8-25-11-21-14-7-12(1-2-13(14)17(25)26)24-5-3-23(4-6-24)9-16-20-10-22-27-16/h1-2,7,10-11,15H,3-6,8-9H2. The fourth-order valence-corrected chi connectivity index (χ4v) is 3.24. The molecule has 27 heavy (non-hydrogen) atoms. The summed E-state index contributed by atoms with van der Waals surface area (Å²) in [5.41, 5.74) is 1.02. The molecule has 0 amide bonds. The molecule has 0 saturated carbocycles. The monoisotopic (exact) mass is 376 g/mol. The number of aromatic nitrogens is 4. The van der Waals surface area contributed by atoms with Crippen LogP contribution in [-0.4, -0.2) is 57.2 Å². The number of fused-ring (bicyclic) bond motifs is 1. The average molecular weight is 376 g/mol. The van der Waals surface area contributed by atoms with E-state index in [4.69, 9.17) is 4.52 Å². The molecule has 4 rings (SSSR count). The first-order valence-corrected chi connectivity index (χ1v) is 8.60. The van der Waals surface area contributed by atoms with Crippen LogP contribution in [0.5, 0.6) is 0 Å². The lowest BCUT2D eigenvalue weighted by Crippen LogP contribution is -2.46. The lowest BCUT2D eigenvalue weighted by atomic mass is 10.2. The first kappa shape index (κ1) is 17.5. The van der Waals surface area contributed by atoms with Crippen LogP contribution in [-0.2, 0) is 13.1 Å². The Balaban J connectivity index is 1.47. The number of piperazine rings is 1. The summed E-state index contributed by atoms with van der Waals surface area (Å²) in [4.78, 5) is 24.9. The van der Waals surface area contributed by atoms with E-state index in [0.717, 1.165) is 36.4 Å². The van der Waals surface area contributed by atoms with Crippen molar-refractivity contribution in [2.24, 2.45) is 0 Å². The molecule has 10 heteroatoms. The Kier molecular flexibility index (Phi) is 4.80. The Bertz CT molecular complexity index is 967. The molecule has 0 atom stereocenters. The fraction of sp³-hybridized carbons (Fsp3) is 0.412. The van der Waals surface area contributed by atoms with Gasteiger partial charge in [-0.25, -0.2) is 13.8 Å². The summed E-state index contributed by atoms with van der Waals surface area (Å²) in [7, 11) is 0. The van der Waals surface area contributed by atoms with Gasteiger partial charge in [0.15, 0.2) is 6.33 Å². The normalized spacial score (nSPS) is 15.7. The quantitative estimate of drug-likeness (QED) is 0.665. The molecule has 1 fully saturated rings. The minimum absolute atomic E-state index is 0.344. The van der Waals surface area contributed by atoms with Gasteiger partial charge in [-0.15, -0.1) is 0 Å². The summed E-state index contributed by atoms with van der Waals surface area (Å²) in [5, 5.41) is 3.95. The summed E-state index contributed by atoms with van der Waals surface area (Å²) in [6.45, 7) is 3.26. The van der Waals surface area contributed by atoms with Crippen LogP contribution in [0.15, 0.2) is 40.2 Å². The zero-order valence-electron chi connectivity index (χ0n) is 14.5. The van der Waals surface area contributed by atoms with Gasteiger partial charge in [-0.3, -0.25) is 14.3 Å². The summed E-state index contributed by atoms with van der Waals surface area (Å²) in [5.74, 6) is 0.596. The predicted octanol–water partition coefficient (Wildman–Crippen LogP) is 1.37. The molecular formula is C17H18F2N6O2. The second kappa shape index (κ2) is 7.39. The van der Waals surface area contributed by atoms with Crippen molar-refractivity contribution < 1.29 is 13.3 Å². The molecule has 0 unspecified atom stereocenters. The second-order valence-electron chi connectivity index (χ2n) is 6.39. The third-order valence-electron chi connectivity index (χ3n) is 4.65. The Morgan fingerprint density at radius 3 is 2.67 bits per heavy atom. The van der Waals surface area contributed by atoms with Gasteiger partial charge in [0.05, 0.1) is 30.3 Å². The van der Waals surface area contributed by atoms with E-state index >= 15 is 0 Å². The molecule has 3 aromatic rings. The number of hydrogen-bond acceptors (Lipinski definition) is 7. The van der Waals surface area contributed by atoms with E-state index in [2.05, 4.69) is 24.9 Å². The highest BCUT2D eigenvalue weighted by Gasteiger charge is 2.19. The smallest absolute Gasteiger partial charge is 0.261 e. The van der Waals surface area contributed by atoms with Crippen molar-refractivity contribution in [1.29, 1.82) is 0 Å². The highest BCUT2D eigenvalue weighted by atomic mass is 19.3. The van der Waals surface area contributed by atoms with Crippen LogP contribution >= 0.6 is 0 Å². The number of alkyl halides is 2. The topological polar surface area (TPSA) is 80.3 Å². The van der Waals surface area contributed by atoms with Crippen LogP contribution in [0.1, 0.15) is 5.89 Å². The van der Waals surface area contributed by atoms with Crippen molar-refractivity contribution in [1.82, 2.24) is 24.6 Å². The summed E-state index contributed by atoms with van der Waals surface area (Å²) < 4.78 is 31.1. The van der Waals surface area contributed by atoms with E-state index in [1.165, 1.54) is 12.7 Å². The fourth-order valence-electron chi connectivity index (χ4n) is 3.24. The lowest BCUT2D eigenvalue weighted by molar-refractivity contribution is 0.125. The van der Waals surface area contributed by atoms with E-state index < -0.39 is 18.5 Å². The van der Waals surface area contributed by atoms with Gasteiger partial charge in [-0.2, -0.15) is 4.98 Å². The molecule has 0 radical (unpaired) electrons. The Labute approximate surface area is 153 Å². The maximum atomic E-state index is 12.5. The van der Waals surface area contributed by atoms with Gasteiger partial charge in [0.25, 0.3) is 12.0 Å². The molecule has 8 nitrogen and oxygen atoms in total. The first-order chi connectivity index (χ1) is 13.1. The van der Waals surface area contributed by atoms with Crippen LogP contribution in [0.3, 0.4) is 0 Å². The largest absolute Gasteiger partial charge is 0.369 e. The number of nitrogens with zero attached hydrogens (tertiary/aromatic N) is 6. The van der Waals surface area contributed by atoms with Crippen LogP contribution in [0.2, 0.25) is 0 Å². The molecule has 1 aromatic carbocycles. The van der Waals surface area contributed by atoms with Crippen LogP contribution in [0.25, 0.3) is 10.9 Å². The molecule has 2 aromatic heterocycles. The number of benzene rings is 1. The van der Waals surface area contributed by atoms with E-state index in [1.54, 1.807) is 6.07 Å². The Morgan fingerprint density at radius 1 is 1.15 bits per heavy atom. The van der Waals surface area contributed by atoms with Crippen molar-refractivity contribution >= 4 is 16.6 Å². The second-order valence-corrected chi connectivity index (χ2v) is 6.39. The Hall–Kier alpha value is -2.88. The molecule has 1 aliphatic rings. The lowest BCUT2D eigenvalue weighted by Gasteiger charge is -2.35. The van der Waals surface area contributed by atoms with Crippen LogP contribution < -0.4 is 10.5 Å². The molecule has 0 spiro atoms. The summed E-state index contributed by atoms with van der Waals surface area (Å²) in [6.07, 6.45) is -0.0176. The molecule has 1 aliphatic heterocycles. The van der Waals surface area contributed by atoms with E-state index in [0.29, 0.717) is 23.3 Å². The minimum atomic E-state index is -2.59. The molecule has 0 bridgehead atoms. The molecular weight excluding hydrogens is 358 g/mol. The maximum absolute atomic E-state index is 12.5. The molecule has 1 saturated heterocycles. The van der Waals surface area contributed by atoms with Crippen LogP contribution in [0.4, 0.5) is 14.5 Å². The third-order valence-corrected chi connectivity index (χ3v) is 4.65. The summed E-state index contributed by atoms with van der Waals surface area (Å²) >= 11 is 0. The van der Waals surface area contributed by atoms with Crippen molar-refractivity contribution in [3.8, 4) is 0 Å². The zero-order chi connectivity index (χ0) is 18.8.